The van der Waals surface area contributed by atoms with Gasteiger partial charge >= 0.3 is 0 Å². The Bertz CT molecular complexity index is 666. The van der Waals surface area contributed by atoms with Crippen molar-refractivity contribution < 1.29 is 14.6 Å². The van der Waals surface area contributed by atoms with Gasteiger partial charge in [-0.3, -0.25) is 14.6 Å². The molecule has 26 heavy (non-hydrogen) atoms. The van der Waals surface area contributed by atoms with Crippen LogP contribution in [-0.4, -0.2) is 95.9 Å². The Morgan fingerprint density at radius 3 is 2.58 bits per heavy atom. The number of ether oxygens (including phenoxy) is 1. The molecule has 0 radical (unpaired) electrons. The number of carbonyl (C=O) groups is 1. The summed E-state index contributed by atoms with van der Waals surface area (Å²) >= 11 is 5.95. The van der Waals surface area contributed by atoms with Gasteiger partial charge in [0.25, 0.3) is 5.91 Å². The van der Waals surface area contributed by atoms with E-state index in [2.05, 4.69) is 16.7 Å². The number of hydrogen-bond acceptors (Lipinski definition) is 5. The highest BCUT2D eigenvalue weighted by Crippen LogP contribution is 2.30. The molecule has 3 fully saturated rings. The minimum absolute atomic E-state index is 0.00472. The van der Waals surface area contributed by atoms with E-state index in [1.807, 2.05) is 4.90 Å². The number of nitrogens with zero attached hydrogens (tertiary/aromatic N) is 3. The largest absolute Gasteiger partial charge is 0.394 e. The van der Waals surface area contributed by atoms with Crippen molar-refractivity contribution in [3.63, 3.8) is 0 Å². The Balaban J connectivity index is 1.53. The summed E-state index contributed by atoms with van der Waals surface area (Å²) in [4.78, 5) is 19.8. The molecule has 7 heteroatoms. The Labute approximate surface area is 159 Å². The lowest BCUT2D eigenvalue weighted by Crippen LogP contribution is -2.73. The molecule has 3 aliphatic heterocycles. The van der Waals surface area contributed by atoms with Gasteiger partial charge in [-0.05, 0) is 31.2 Å². The predicted octanol–water partition coefficient (Wildman–Crippen LogP) is 0.932. The van der Waals surface area contributed by atoms with E-state index in [-0.39, 0.29) is 18.6 Å². The summed E-state index contributed by atoms with van der Waals surface area (Å²) < 4.78 is 5.34. The van der Waals surface area contributed by atoms with E-state index in [1.165, 1.54) is 0 Å². The average Bonchev–Trinajstić information content (AvgIpc) is 2.60. The smallest absolute Gasteiger partial charge is 0.253 e. The number of carbonyl (C=O) groups excluding carboxylic acids is 1. The van der Waals surface area contributed by atoms with Crippen LogP contribution in [0, 0.1) is 0 Å². The molecule has 0 aliphatic carbocycles. The van der Waals surface area contributed by atoms with E-state index in [4.69, 9.17) is 16.3 Å². The maximum absolute atomic E-state index is 13.0. The maximum atomic E-state index is 13.0. The van der Waals surface area contributed by atoms with Crippen molar-refractivity contribution in [2.75, 3.05) is 52.5 Å². The molecule has 4 rings (SSSR count). The van der Waals surface area contributed by atoms with E-state index in [0.29, 0.717) is 29.7 Å². The molecular formula is C19H26ClN3O3. The lowest BCUT2D eigenvalue weighted by molar-refractivity contribution is -0.124. The first-order chi connectivity index (χ1) is 12.5. The van der Waals surface area contributed by atoms with Gasteiger partial charge in [-0.25, -0.2) is 0 Å². The zero-order chi connectivity index (χ0) is 18.3. The molecule has 6 nitrogen and oxygen atoms in total. The molecule has 0 saturated carbocycles. The number of fused-ring (bicyclic) bond motifs is 1. The zero-order valence-electron chi connectivity index (χ0n) is 15.1. The third-order valence-corrected chi connectivity index (χ3v) is 6.28. The molecule has 2 atom stereocenters. The minimum Gasteiger partial charge on any atom is -0.394 e. The van der Waals surface area contributed by atoms with Crippen LogP contribution in [0.1, 0.15) is 17.3 Å². The first-order valence-electron chi connectivity index (χ1n) is 9.24. The van der Waals surface area contributed by atoms with Gasteiger partial charge in [0.2, 0.25) is 0 Å². The van der Waals surface area contributed by atoms with Gasteiger partial charge < -0.3 is 14.7 Å². The number of benzene rings is 1. The Hall–Kier alpha value is -1.18. The van der Waals surface area contributed by atoms with Crippen LogP contribution < -0.4 is 0 Å². The molecular weight excluding hydrogens is 354 g/mol. The van der Waals surface area contributed by atoms with E-state index in [1.54, 1.807) is 24.3 Å². The van der Waals surface area contributed by atoms with Crippen LogP contribution in [0.15, 0.2) is 24.3 Å². The van der Waals surface area contributed by atoms with Crippen LogP contribution in [0.25, 0.3) is 0 Å². The molecule has 142 valence electrons. The van der Waals surface area contributed by atoms with Gasteiger partial charge in [-0.1, -0.05) is 11.6 Å². The molecule has 0 spiro atoms. The summed E-state index contributed by atoms with van der Waals surface area (Å²) in [6.45, 7) is 7.74. The number of hydrogen-bond donors (Lipinski definition) is 1. The molecule has 3 aliphatic rings. The fourth-order valence-corrected chi connectivity index (χ4v) is 4.53. The molecule has 3 saturated heterocycles. The van der Waals surface area contributed by atoms with E-state index >= 15 is 0 Å². The van der Waals surface area contributed by atoms with Crippen LogP contribution in [0.2, 0.25) is 5.02 Å². The Morgan fingerprint density at radius 1 is 1.23 bits per heavy atom. The van der Waals surface area contributed by atoms with Crippen molar-refractivity contribution in [3.05, 3.63) is 34.9 Å². The van der Waals surface area contributed by atoms with Crippen LogP contribution in [0.4, 0.5) is 0 Å². The van der Waals surface area contributed by atoms with Gasteiger partial charge in [0.15, 0.2) is 0 Å². The Kier molecular flexibility index (Phi) is 4.96. The summed E-state index contributed by atoms with van der Waals surface area (Å²) in [5.41, 5.74) is 0.232. The van der Waals surface area contributed by atoms with Gasteiger partial charge in [0, 0.05) is 49.4 Å². The number of aliphatic hydroxyl groups excluding tert-OH is 1. The quantitative estimate of drug-likeness (QED) is 0.846. The first kappa shape index (κ1) is 18.2. The highest BCUT2D eigenvalue weighted by atomic mass is 35.5. The molecule has 1 amide bonds. The average molecular weight is 380 g/mol. The molecule has 1 N–H and O–H groups in total. The number of halogens is 1. The number of amides is 1. The lowest BCUT2D eigenvalue weighted by Gasteiger charge is -2.57. The Morgan fingerprint density at radius 2 is 1.96 bits per heavy atom. The SMILES string of the molecule is C[C@@]1(CO)CN(C(=O)c2ccc(Cl)cc2)C[C@@H]2CN(C3COC3)CCN21. The molecule has 0 aromatic heterocycles. The van der Waals surface area contributed by atoms with Crippen molar-refractivity contribution >= 4 is 17.5 Å². The monoisotopic (exact) mass is 379 g/mol. The third-order valence-electron chi connectivity index (χ3n) is 6.03. The summed E-state index contributed by atoms with van der Waals surface area (Å²) in [6, 6.07) is 7.76. The molecule has 0 bridgehead atoms. The first-order valence-corrected chi connectivity index (χ1v) is 9.62. The summed E-state index contributed by atoms with van der Waals surface area (Å²) in [7, 11) is 0. The van der Waals surface area contributed by atoms with Gasteiger partial charge in [-0.15, -0.1) is 0 Å². The van der Waals surface area contributed by atoms with Crippen LogP contribution in [-0.2, 0) is 4.74 Å². The second-order valence-electron chi connectivity index (χ2n) is 7.88. The van der Waals surface area contributed by atoms with Gasteiger partial charge in [0.05, 0.1) is 31.4 Å². The van der Waals surface area contributed by atoms with Gasteiger partial charge in [0.1, 0.15) is 0 Å². The highest BCUT2D eigenvalue weighted by molar-refractivity contribution is 6.30. The van der Waals surface area contributed by atoms with Crippen molar-refractivity contribution in [1.82, 2.24) is 14.7 Å². The van der Waals surface area contributed by atoms with Crippen molar-refractivity contribution in [2.24, 2.45) is 0 Å². The van der Waals surface area contributed by atoms with Crippen LogP contribution in [0.3, 0.4) is 0 Å². The summed E-state index contributed by atoms with van der Waals surface area (Å²) in [5.74, 6) is 0.00472. The highest BCUT2D eigenvalue weighted by Gasteiger charge is 2.47. The van der Waals surface area contributed by atoms with E-state index in [0.717, 1.165) is 32.8 Å². The maximum Gasteiger partial charge on any atom is 0.253 e. The second-order valence-corrected chi connectivity index (χ2v) is 8.32. The van der Waals surface area contributed by atoms with Crippen molar-refractivity contribution in [3.8, 4) is 0 Å². The minimum atomic E-state index is -0.410. The second kappa shape index (κ2) is 7.09. The third kappa shape index (κ3) is 3.25. The lowest BCUT2D eigenvalue weighted by atomic mass is 9.90. The standard InChI is InChI=1S/C19H26ClN3O3/c1-19(13-24)12-22(18(25)14-2-4-15(20)5-3-14)9-16-8-21(6-7-23(16)19)17-10-26-11-17/h2-5,16-17,24H,6-13H2,1H3/t16-,19-/m0/s1. The fraction of sp³-hybridized carbons (Fsp3) is 0.632. The molecule has 0 unspecified atom stereocenters. The molecule has 1 aromatic carbocycles. The number of piperazine rings is 2. The predicted molar refractivity (Wildman–Crippen MR) is 99.5 cm³/mol. The number of rotatable bonds is 3. The zero-order valence-corrected chi connectivity index (χ0v) is 15.9. The molecule has 3 heterocycles. The van der Waals surface area contributed by atoms with E-state index < -0.39 is 5.54 Å². The van der Waals surface area contributed by atoms with Gasteiger partial charge in [-0.2, -0.15) is 0 Å². The summed E-state index contributed by atoms with van der Waals surface area (Å²) in [5, 5.41) is 10.7. The normalized spacial score (nSPS) is 30.7. The van der Waals surface area contributed by atoms with Crippen molar-refractivity contribution in [1.29, 1.82) is 0 Å². The fourth-order valence-electron chi connectivity index (χ4n) is 4.40. The van der Waals surface area contributed by atoms with Crippen molar-refractivity contribution in [2.45, 2.75) is 24.5 Å². The summed E-state index contributed by atoms with van der Waals surface area (Å²) in [6.07, 6.45) is 0. The topological polar surface area (TPSA) is 56.3 Å². The van der Waals surface area contributed by atoms with Crippen LogP contribution >= 0.6 is 11.6 Å². The number of aliphatic hydroxyl groups is 1. The van der Waals surface area contributed by atoms with E-state index in [9.17, 15) is 9.90 Å². The molecule has 1 aromatic rings. The van der Waals surface area contributed by atoms with Crippen LogP contribution in [0.5, 0.6) is 0 Å².